The molecular formula is C12H20N6. The molecule has 1 N–H and O–H groups in total. The number of nitrogens with zero attached hydrogens (tertiary/aromatic N) is 5. The Morgan fingerprint density at radius 2 is 2.11 bits per heavy atom. The second kappa shape index (κ2) is 6.30. The largest absolute Gasteiger partial charge is 0.311 e. The van der Waals surface area contributed by atoms with Crippen LogP contribution in [0.5, 0.6) is 0 Å². The Kier molecular flexibility index (Phi) is 4.46. The van der Waals surface area contributed by atoms with Crippen molar-refractivity contribution in [2.45, 2.75) is 39.9 Å². The van der Waals surface area contributed by atoms with Crippen molar-refractivity contribution in [2.75, 3.05) is 6.54 Å². The first kappa shape index (κ1) is 12.8. The number of aromatic nitrogens is 5. The maximum absolute atomic E-state index is 4.34. The van der Waals surface area contributed by atoms with E-state index in [2.05, 4.69) is 34.3 Å². The molecule has 0 fully saturated rings. The summed E-state index contributed by atoms with van der Waals surface area (Å²) >= 11 is 0. The summed E-state index contributed by atoms with van der Waals surface area (Å²) in [5.41, 5.74) is 1.18. The lowest BCUT2D eigenvalue weighted by molar-refractivity contribution is 0.541. The lowest BCUT2D eigenvalue weighted by Crippen LogP contribution is -2.19. The van der Waals surface area contributed by atoms with Crippen LogP contribution in [0.25, 0.3) is 0 Å². The van der Waals surface area contributed by atoms with E-state index < -0.39 is 0 Å². The molecule has 0 aromatic carbocycles. The molecule has 98 valence electrons. The van der Waals surface area contributed by atoms with Crippen molar-refractivity contribution < 1.29 is 0 Å². The second-order valence-electron chi connectivity index (χ2n) is 4.15. The Labute approximate surface area is 107 Å². The van der Waals surface area contributed by atoms with Gasteiger partial charge in [0.1, 0.15) is 18.7 Å². The molecule has 0 aliphatic heterocycles. The molecule has 2 rings (SSSR count). The molecule has 2 aromatic rings. The first-order chi connectivity index (χ1) is 8.85. The quantitative estimate of drug-likeness (QED) is 0.744. The lowest BCUT2D eigenvalue weighted by Gasteiger charge is -2.08. The zero-order chi connectivity index (χ0) is 12.8. The maximum atomic E-state index is 4.34. The van der Waals surface area contributed by atoms with Gasteiger partial charge in [0.05, 0.1) is 5.69 Å². The zero-order valence-electron chi connectivity index (χ0n) is 11.0. The second-order valence-corrected chi connectivity index (χ2v) is 4.15. The molecule has 0 unspecified atom stereocenters. The minimum atomic E-state index is 0.671. The minimum Gasteiger partial charge on any atom is -0.311 e. The van der Waals surface area contributed by atoms with Gasteiger partial charge in [-0.25, -0.2) is 9.67 Å². The van der Waals surface area contributed by atoms with Crippen LogP contribution in [0.15, 0.2) is 18.6 Å². The molecule has 6 nitrogen and oxygen atoms in total. The molecule has 0 saturated heterocycles. The fourth-order valence-corrected chi connectivity index (χ4v) is 1.85. The molecule has 0 aliphatic rings. The van der Waals surface area contributed by atoms with Crippen LogP contribution >= 0.6 is 0 Å². The molecule has 0 bridgehead atoms. The van der Waals surface area contributed by atoms with Crippen LogP contribution in [-0.4, -0.2) is 31.1 Å². The van der Waals surface area contributed by atoms with Crippen LogP contribution < -0.4 is 5.32 Å². The van der Waals surface area contributed by atoms with E-state index in [0.29, 0.717) is 6.54 Å². The van der Waals surface area contributed by atoms with E-state index >= 15 is 0 Å². The number of aryl methyl sites for hydroxylation is 1. The summed E-state index contributed by atoms with van der Waals surface area (Å²) in [5.74, 6) is 0.943. The van der Waals surface area contributed by atoms with Gasteiger partial charge in [0.2, 0.25) is 0 Å². The molecule has 0 radical (unpaired) electrons. The predicted octanol–water partition coefficient (Wildman–Crippen LogP) is 1.04. The first-order valence-electron chi connectivity index (χ1n) is 6.43. The topological polar surface area (TPSA) is 60.6 Å². The average Bonchev–Trinajstić information content (AvgIpc) is 3.00. The monoisotopic (exact) mass is 248 g/mol. The van der Waals surface area contributed by atoms with Crippen molar-refractivity contribution in [3.05, 3.63) is 30.1 Å². The fourth-order valence-electron chi connectivity index (χ4n) is 1.85. The van der Waals surface area contributed by atoms with Gasteiger partial charge in [-0.3, -0.25) is 4.68 Å². The highest BCUT2D eigenvalue weighted by molar-refractivity contribution is 5.02. The third-order valence-corrected chi connectivity index (χ3v) is 2.82. The van der Waals surface area contributed by atoms with E-state index in [1.54, 1.807) is 6.33 Å². The third-order valence-electron chi connectivity index (χ3n) is 2.82. The molecule has 2 aromatic heterocycles. The number of hydrogen-bond donors (Lipinski definition) is 1. The molecular weight excluding hydrogens is 228 g/mol. The molecule has 0 amide bonds. The fraction of sp³-hybridized carbons (Fsp3) is 0.583. The number of hydrogen-bond acceptors (Lipinski definition) is 4. The van der Waals surface area contributed by atoms with Crippen molar-refractivity contribution >= 4 is 0 Å². The Morgan fingerprint density at radius 1 is 1.22 bits per heavy atom. The van der Waals surface area contributed by atoms with Gasteiger partial charge in [0.15, 0.2) is 0 Å². The van der Waals surface area contributed by atoms with E-state index in [-0.39, 0.29) is 0 Å². The maximum Gasteiger partial charge on any atom is 0.148 e. The summed E-state index contributed by atoms with van der Waals surface area (Å²) in [5, 5.41) is 11.9. The van der Waals surface area contributed by atoms with Crippen molar-refractivity contribution in [1.82, 2.24) is 29.9 Å². The molecule has 0 atom stereocenters. The Hall–Kier alpha value is -1.69. The summed E-state index contributed by atoms with van der Waals surface area (Å²) in [6.45, 7) is 7.59. The van der Waals surface area contributed by atoms with Crippen molar-refractivity contribution in [3.63, 3.8) is 0 Å². The van der Waals surface area contributed by atoms with E-state index in [0.717, 1.165) is 31.9 Å². The highest BCUT2D eigenvalue weighted by Crippen LogP contribution is 2.03. The summed E-state index contributed by atoms with van der Waals surface area (Å²) in [6.07, 6.45) is 4.56. The van der Waals surface area contributed by atoms with Gasteiger partial charge in [-0.1, -0.05) is 6.92 Å². The predicted molar refractivity (Wildman–Crippen MR) is 69.0 cm³/mol. The van der Waals surface area contributed by atoms with Crippen LogP contribution in [0.2, 0.25) is 0 Å². The molecule has 18 heavy (non-hydrogen) atoms. The average molecular weight is 248 g/mol. The van der Waals surface area contributed by atoms with Crippen LogP contribution in [0.1, 0.15) is 31.8 Å². The number of rotatable bonds is 7. The van der Waals surface area contributed by atoms with Gasteiger partial charge in [0.25, 0.3) is 0 Å². The van der Waals surface area contributed by atoms with Gasteiger partial charge >= 0.3 is 0 Å². The molecule has 6 heteroatoms. The summed E-state index contributed by atoms with van der Waals surface area (Å²) < 4.78 is 3.86. The molecule has 2 heterocycles. The Morgan fingerprint density at radius 3 is 2.89 bits per heavy atom. The summed E-state index contributed by atoms with van der Waals surface area (Å²) in [7, 11) is 0. The van der Waals surface area contributed by atoms with E-state index in [4.69, 9.17) is 0 Å². The van der Waals surface area contributed by atoms with E-state index in [1.165, 1.54) is 5.69 Å². The minimum absolute atomic E-state index is 0.671. The third kappa shape index (κ3) is 2.95. The van der Waals surface area contributed by atoms with Crippen molar-refractivity contribution in [3.8, 4) is 0 Å². The van der Waals surface area contributed by atoms with Gasteiger partial charge in [-0.05, 0) is 26.0 Å². The van der Waals surface area contributed by atoms with Gasteiger partial charge in [0, 0.05) is 19.3 Å². The summed E-state index contributed by atoms with van der Waals surface area (Å²) in [6, 6.07) is 2.04. The van der Waals surface area contributed by atoms with Crippen LogP contribution in [-0.2, 0) is 19.6 Å². The number of nitrogens with one attached hydrogen (secondary N) is 1. The van der Waals surface area contributed by atoms with Gasteiger partial charge < -0.3 is 5.32 Å². The molecule has 0 saturated carbocycles. The van der Waals surface area contributed by atoms with Crippen LogP contribution in [0.4, 0.5) is 0 Å². The van der Waals surface area contributed by atoms with Crippen LogP contribution in [0, 0.1) is 0 Å². The lowest BCUT2D eigenvalue weighted by atomic mass is 10.4. The first-order valence-corrected chi connectivity index (χ1v) is 6.43. The highest BCUT2D eigenvalue weighted by atomic mass is 15.4. The van der Waals surface area contributed by atoms with Gasteiger partial charge in [-0.2, -0.15) is 10.2 Å². The zero-order valence-corrected chi connectivity index (χ0v) is 11.0. The van der Waals surface area contributed by atoms with Crippen molar-refractivity contribution in [2.24, 2.45) is 0 Å². The smallest absolute Gasteiger partial charge is 0.148 e. The Balaban J connectivity index is 2.03. The normalized spacial score (nSPS) is 11.0. The molecule has 0 spiro atoms. The van der Waals surface area contributed by atoms with Crippen molar-refractivity contribution in [1.29, 1.82) is 0 Å². The SMILES string of the molecule is CCCNCc1ccnn1Cc1ncnn1CC. The van der Waals surface area contributed by atoms with Gasteiger partial charge in [-0.15, -0.1) is 0 Å². The highest BCUT2D eigenvalue weighted by Gasteiger charge is 2.07. The summed E-state index contributed by atoms with van der Waals surface area (Å²) in [4.78, 5) is 4.27. The molecule has 0 aliphatic carbocycles. The van der Waals surface area contributed by atoms with Crippen LogP contribution in [0.3, 0.4) is 0 Å². The van der Waals surface area contributed by atoms with E-state index in [9.17, 15) is 0 Å². The standard InChI is InChI=1S/C12H20N6/c1-3-6-13-8-11-5-7-15-18(11)9-12-14-10-16-17(12)4-2/h5,7,10,13H,3-4,6,8-9H2,1-2H3. The Bertz CT molecular complexity index is 472. The van der Waals surface area contributed by atoms with E-state index in [1.807, 2.05) is 21.6 Å².